The van der Waals surface area contributed by atoms with Gasteiger partial charge in [-0.05, 0) is 35.4 Å². The SMILES string of the molecule is COc1ccc(C(Cl)c2cc(F)cc(F)c2)c(Br)c1. The molecule has 1 unspecified atom stereocenters. The summed E-state index contributed by atoms with van der Waals surface area (Å²) in [6.45, 7) is 0. The second-order valence-corrected chi connectivity index (χ2v) is 5.24. The molecule has 5 heteroatoms. The van der Waals surface area contributed by atoms with E-state index in [2.05, 4.69) is 15.9 Å². The summed E-state index contributed by atoms with van der Waals surface area (Å²) in [6, 6.07) is 8.50. The van der Waals surface area contributed by atoms with Crippen molar-refractivity contribution in [2.24, 2.45) is 0 Å². The smallest absolute Gasteiger partial charge is 0.126 e. The molecular formula is C14H10BrClF2O. The lowest BCUT2D eigenvalue weighted by atomic mass is 10.0. The van der Waals surface area contributed by atoms with Crippen molar-refractivity contribution in [1.82, 2.24) is 0 Å². The first-order valence-electron chi connectivity index (χ1n) is 5.44. The van der Waals surface area contributed by atoms with E-state index in [0.717, 1.165) is 10.5 Å². The van der Waals surface area contributed by atoms with Gasteiger partial charge in [0.15, 0.2) is 0 Å². The van der Waals surface area contributed by atoms with Crippen molar-refractivity contribution in [1.29, 1.82) is 0 Å². The predicted molar refractivity (Wildman–Crippen MR) is 74.7 cm³/mol. The number of benzene rings is 2. The second kappa shape index (κ2) is 5.88. The molecule has 0 aliphatic carbocycles. The standard InChI is InChI=1S/C14H10BrClF2O/c1-19-11-2-3-12(13(15)7-11)14(16)8-4-9(17)6-10(18)5-8/h2-7,14H,1H3. The van der Waals surface area contributed by atoms with Crippen LogP contribution in [-0.4, -0.2) is 7.11 Å². The van der Waals surface area contributed by atoms with Gasteiger partial charge in [0.25, 0.3) is 0 Å². The van der Waals surface area contributed by atoms with E-state index in [4.69, 9.17) is 16.3 Å². The zero-order valence-electron chi connectivity index (χ0n) is 9.96. The van der Waals surface area contributed by atoms with Gasteiger partial charge in [0.05, 0.1) is 12.5 Å². The highest BCUT2D eigenvalue weighted by atomic mass is 79.9. The Bertz CT molecular complexity index is 584. The van der Waals surface area contributed by atoms with Crippen LogP contribution < -0.4 is 4.74 Å². The Kier molecular flexibility index (Phi) is 4.42. The molecule has 2 rings (SSSR count). The molecule has 100 valence electrons. The van der Waals surface area contributed by atoms with Crippen LogP contribution in [0.5, 0.6) is 5.75 Å². The van der Waals surface area contributed by atoms with Crippen LogP contribution >= 0.6 is 27.5 Å². The average molecular weight is 348 g/mol. The molecule has 0 saturated carbocycles. The summed E-state index contributed by atoms with van der Waals surface area (Å²) in [5.41, 5.74) is 1.08. The Hall–Kier alpha value is -1.13. The molecule has 0 aliphatic rings. The molecule has 1 atom stereocenters. The fraction of sp³-hybridized carbons (Fsp3) is 0.143. The average Bonchev–Trinajstić information content (AvgIpc) is 2.36. The normalized spacial score (nSPS) is 12.3. The molecule has 19 heavy (non-hydrogen) atoms. The predicted octanol–water partition coefficient (Wildman–Crippen LogP) is 5.06. The van der Waals surface area contributed by atoms with Crippen molar-refractivity contribution in [3.8, 4) is 5.75 Å². The van der Waals surface area contributed by atoms with E-state index >= 15 is 0 Å². The van der Waals surface area contributed by atoms with Crippen LogP contribution in [0.2, 0.25) is 0 Å². The fourth-order valence-electron chi connectivity index (χ4n) is 1.74. The molecular weight excluding hydrogens is 338 g/mol. The maximum Gasteiger partial charge on any atom is 0.126 e. The molecule has 2 aromatic carbocycles. The molecule has 1 nitrogen and oxygen atoms in total. The van der Waals surface area contributed by atoms with Crippen molar-refractivity contribution in [3.63, 3.8) is 0 Å². The topological polar surface area (TPSA) is 9.23 Å². The molecule has 0 aromatic heterocycles. The number of hydrogen-bond acceptors (Lipinski definition) is 1. The summed E-state index contributed by atoms with van der Waals surface area (Å²) >= 11 is 9.64. The third-order valence-corrected chi connectivity index (χ3v) is 3.83. The summed E-state index contributed by atoms with van der Waals surface area (Å²) in [5, 5.41) is -0.648. The number of hydrogen-bond donors (Lipinski definition) is 0. The van der Waals surface area contributed by atoms with Crippen LogP contribution in [0.25, 0.3) is 0 Å². The van der Waals surface area contributed by atoms with Gasteiger partial charge >= 0.3 is 0 Å². The zero-order valence-corrected chi connectivity index (χ0v) is 12.3. The zero-order chi connectivity index (χ0) is 14.0. The van der Waals surface area contributed by atoms with Gasteiger partial charge in [-0.15, -0.1) is 11.6 Å². The third-order valence-electron chi connectivity index (χ3n) is 2.66. The number of methoxy groups -OCH3 is 1. The third kappa shape index (κ3) is 3.25. The Morgan fingerprint density at radius 1 is 1.11 bits per heavy atom. The minimum Gasteiger partial charge on any atom is -0.497 e. The maximum atomic E-state index is 13.2. The lowest BCUT2D eigenvalue weighted by Crippen LogP contribution is -1.97. The number of alkyl halides is 1. The summed E-state index contributed by atoms with van der Waals surface area (Å²) in [4.78, 5) is 0. The Morgan fingerprint density at radius 3 is 2.26 bits per heavy atom. The van der Waals surface area contributed by atoms with Gasteiger partial charge in [-0.2, -0.15) is 0 Å². The summed E-state index contributed by atoms with van der Waals surface area (Å²) in [7, 11) is 1.56. The highest BCUT2D eigenvalue weighted by molar-refractivity contribution is 9.10. The van der Waals surface area contributed by atoms with Gasteiger partial charge in [0, 0.05) is 10.5 Å². The van der Waals surface area contributed by atoms with Gasteiger partial charge in [0.1, 0.15) is 17.4 Å². The minimum atomic E-state index is -0.648. The van der Waals surface area contributed by atoms with E-state index in [-0.39, 0.29) is 0 Å². The monoisotopic (exact) mass is 346 g/mol. The van der Waals surface area contributed by atoms with E-state index in [1.165, 1.54) is 12.1 Å². The van der Waals surface area contributed by atoms with Crippen molar-refractivity contribution in [2.75, 3.05) is 7.11 Å². The van der Waals surface area contributed by atoms with Crippen LogP contribution in [0.15, 0.2) is 40.9 Å². The molecule has 0 bridgehead atoms. The molecule has 0 aliphatic heterocycles. The highest BCUT2D eigenvalue weighted by Crippen LogP contribution is 2.36. The summed E-state index contributed by atoms with van der Waals surface area (Å²) in [6.07, 6.45) is 0. The van der Waals surface area contributed by atoms with Crippen LogP contribution in [0, 0.1) is 11.6 Å². The first-order chi connectivity index (χ1) is 9.01. The van der Waals surface area contributed by atoms with E-state index in [1.807, 2.05) is 0 Å². The number of ether oxygens (including phenoxy) is 1. The van der Waals surface area contributed by atoms with Gasteiger partial charge in [-0.25, -0.2) is 8.78 Å². The van der Waals surface area contributed by atoms with Crippen molar-refractivity contribution >= 4 is 27.5 Å². The van der Waals surface area contributed by atoms with Crippen molar-refractivity contribution < 1.29 is 13.5 Å². The molecule has 0 fully saturated rings. The maximum absolute atomic E-state index is 13.2. The highest BCUT2D eigenvalue weighted by Gasteiger charge is 2.16. The lowest BCUT2D eigenvalue weighted by molar-refractivity contribution is 0.414. The molecule has 0 heterocycles. The van der Waals surface area contributed by atoms with Gasteiger partial charge in [0.2, 0.25) is 0 Å². The van der Waals surface area contributed by atoms with Crippen molar-refractivity contribution in [3.05, 3.63) is 63.6 Å². The first kappa shape index (κ1) is 14.3. The molecule has 0 amide bonds. The first-order valence-corrected chi connectivity index (χ1v) is 6.67. The minimum absolute atomic E-state index is 0.366. The molecule has 0 spiro atoms. The number of halogens is 4. The largest absolute Gasteiger partial charge is 0.497 e. The Labute approximate surface area is 123 Å². The second-order valence-electron chi connectivity index (χ2n) is 3.95. The Balaban J connectivity index is 2.40. The van der Waals surface area contributed by atoms with Crippen molar-refractivity contribution in [2.45, 2.75) is 5.38 Å². The quantitative estimate of drug-likeness (QED) is 0.705. The molecule has 0 saturated heterocycles. The van der Waals surface area contributed by atoms with E-state index < -0.39 is 17.0 Å². The van der Waals surface area contributed by atoms with Gasteiger partial charge in [-0.3, -0.25) is 0 Å². The van der Waals surface area contributed by atoms with Crippen LogP contribution in [-0.2, 0) is 0 Å². The fourth-order valence-corrected chi connectivity index (χ4v) is 2.78. The van der Waals surface area contributed by atoms with Gasteiger partial charge < -0.3 is 4.74 Å². The van der Waals surface area contributed by atoms with Crippen LogP contribution in [0.1, 0.15) is 16.5 Å². The van der Waals surface area contributed by atoms with Crippen LogP contribution in [0.4, 0.5) is 8.78 Å². The van der Waals surface area contributed by atoms with Crippen LogP contribution in [0.3, 0.4) is 0 Å². The molecule has 0 N–H and O–H groups in total. The summed E-state index contributed by atoms with van der Waals surface area (Å²) in [5.74, 6) is -0.625. The lowest BCUT2D eigenvalue weighted by Gasteiger charge is -2.13. The van der Waals surface area contributed by atoms with E-state index in [1.54, 1.807) is 25.3 Å². The van der Waals surface area contributed by atoms with E-state index in [0.29, 0.717) is 16.9 Å². The molecule has 2 aromatic rings. The Morgan fingerprint density at radius 2 is 1.74 bits per heavy atom. The van der Waals surface area contributed by atoms with Gasteiger partial charge in [-0.1, -0.05) is 22.0 Å². The van der Waals surface area contributed by atoms with E-state index in [9.17, 15) is 8.78 Å². The molecule has 0 radical (unpaired) electrons. The summed E-state index contributed by atoms with van der Waals surface area (Å²) < 4.78 is 32.2. The number of rotatable bonds is 3.